The van der Waals surface area contributed by atoms with E-state index in [4.69, 9.17) is 0 Å². The van der Waals surface area contributed by atoms with E-state index in [1.807, 2.05) is 47.9 Å². The van der Waals surface area contributed by atoms with E-state index in [9.17, 15) is 9.59 Å². The summed E-state index contributed by atoms with van der Waals surface area (Å²) in [5, 5.41) is 3.77. The second-order valence-electron chi connectivity index (χ2n) is 6.15. The highest BCUT2D eigenvalue weighted by molar-refractivity contribution is 8.00. The predicted molar refractivity (Wildman–Crippen MR) is 93.5 cm³/mol. The first-order valence-corrected chi connectivity index (χ1v) is 8.72. The lowest BCUT2D eigenvalue weighted by molar-refractivity contribution is 0.0747. The van der Waals surface area contributed by atoms with Crippen LogP contribution in [0.3, 0.4) is 0 Å². The summed E-state index contributed by atoms with van der Waals surface area (Å²) in [5.74, 6) is -0.105. The van der Waals surface area contributed by atoms with Gasteiger partial charge < -0.3 is 4.90 Å². The molecule has 2 aromatic rings. The minimum absolute atomic E-state index is 0.105. The van der Waals surface area contributed by atoms with Crippen molar-refractivity contribution in [2.24, 2.45) is 0 Å². The maximum atomic E-state index is 12.7. The maximum absolute atomic E-state index is 12.7. The van der Waals surface area contributed by atoms with Crippen molar-refractivity contribution in [1.82, 2.24) is 14.7 Å². The number of carbonyl (C=O) groups is 1. The highest BCUT2D eigenvalue weighted by Crippen LogP contribution is 2.25. The van der Waals surface area contributed by atoms with Crippen LogP contribution in [-0.4, -0.2) is 44.2 Å². The topological polar surface area (TPSA) is 58.1 Å². The summed E-state index contributed by atoms with van der Waals surface area (Å²) in [6.07, 6.45) is 0. The summed E-state index contributed by atoms with van der Waals surface area (Å²) in [6.45, 7) is 7.67. The summed E-state index contributed by atoms with van der Waals surface area (Å²) < 4.78 is 1.41. The van der Waals surface area contributed by atoms with Crippen LogP contribution in [-0.2, 0) is 0 Å². The standard InChI is InChI=1S/C17H21N3O2S/c1-11-4-6-14(7-5-11)20-16(21)8-15(18-20)17(22)19-9-12(2)23-13(3)10-19/h4-8,12-13,18H,9-10H2,1-3H3. The van der Waals surface area contributed by atoms with Gasteiger partial charge in [-0.1, -0.05) is 31.5 Å². The van der Waals surface area contributed by atoms with Gasteiger partial charge >= 0.3 is 0 Å². The number of H-pyrrole nitrogens is 1. The van der Waals surface area contributed by atoms with Gasteiger partial charge in [0.1, 0.15) is 5.69 Å². The number of aromatic amines is 1. The lowest BCUT2D eigenvalue weighted by atomic mass is 10.2. The van der Waals surface area contributed by atoms with Gasteiger partial charge in [-0.3, -0.25) is 14.7 Å². The van der Waals surface area contributed by atoms with Gasteiger partial charge in [0.2, 0.25) is 0 Å². The molecule has 0 saturated carbocycles. The molecule has 2 atom stereocenters. The van der Waals surface area contributed by atoms with Crippen LogP contribution < -0.4 is 5.56 Å². The monoisotopic (exact) mass is 331 g/mol. The molecule has 1 aliphatic rings. The molecule has 3 rings (SSSR count). The Kier molecular flexibility index (Phi) is 4.35. The molecular weight excluding hydrogens is 310 g/mol. The first-order valence-electron chi connectivity index (χ1n) is 7.78. The third-order valence-corrected chi connectivity index (χ3v) is 5.18. The zero-order valence-electron chi connectivity index (χ0n) is 13.6. The van der Waals surface area contributed by atoms with Crippen LogP contribution in [0.5, 0.6) is 0 Å². The molecule has 1 fully saturated rings. The van der Waals surface area contributed by atoms with Crippen LogP contribution >= 0.6 is 11.8 Å². The zero-order valence-corrected chi connectivity index (χ0v) is 14.4. The average molecular weight is 331 g/mol. The fourth-order valence-corrected chi connectivity index (χ4v) is 4.23. The van der Waals surface area contributed by atoms with E-state index in [0.29, 0.717) is 29.3 Å². The van der Waals surface area contributed by atoms with Crippen molar-refractivity contribution in [3.05, 3.63) is 51.9 Å². The molecule has 0 radical (unpaired) electrons. The van der Waals surface area contributed by atoms with Crippen molar-refractivity contribution < 1.29 is 4.79 Å². The van der Waals surface area contributed by atoms with Crippen molar-refractivity contribution in [1.29, 1.82) is 0 Å². The Morgan fingerprint density at radius 1 is 1.17 bits per heavy atom. The molecule has 23 heavy (non-hydrogen) atoms. The number of benzene rings is 1. The van der Waals surface area contributed by atoms with Crippen molar-refractivity contribution in [2.75, 3.05) is 13.1 Å². The molecule has 1 N–H and O–H groups in total. The van der Waals surface area contributed by atoms with Crippen LogP contribution in [0.15, 0.2) is 35.1 Å². The molecule has 0 bridgehead atoms. The van der Waals surface area contributed by atoms with E-state index in [1.54, 1.807) is 0 Å². The molecular formula is C17H21N3O2S. The van der Waals surface area contributed by atoms with Gasteiger partial charge in [0.15, 0.2) is 0 Å². The Hall–Kier alpha value is -1.95. The quantitative estimate of drug-likeness (QED) is 0.919. The van der Waals surface area contributed by atoms with Gasteiger partial charge in [-0.15, -0.1) is 0 Å². The van der Waals surface area contributed by atoms with Gasteiger partial charge in [0.05, 0.1) is 5.69 Å². The molecule has 1 aromatic carbocycles. The molecule has 6 heteroatoms. The number of aryl methyl sites for hydroxylation is 1. The molecule has 2 unspecified atom stereocenters. The van der Waals surface area contributed by atoms with E-state index in [0.717, 1.165) is 11.3 Å². The normalized spacial score (nSPS) is 21.4. The Morgan fingerprint density at radius 3 is 2.39 bits per heavy atom. The number of nitrogens with zero attached hydrogens (tertiary/aromatic N) is 2. The van der Waals surface area contributed by atoms with Gasteiger partial charge in [-0.2, -0.15) is 11.8 Å². The minimum Gasteiger partial charge on any atom is -0.335 e. The lowest BCUT2D eigenvalue weighted by Crippen LogP contribution is -2.44. The molecule has 1 aromatic heterocycles. The van der Waals surface area contributed by atoms with Crippen LogP contribution in [0.4, 0.5) is 0 Å². The number of rotatable bonds is 2. The molecule has 0 spiro atoms. The fraction of sp³-hybridized carbons (Fsp3) is 0.412. The molecule has 1 aliphatic heterocycles. The molecule has 1 saturated heterocycles. The number of amides is 1. The summed E-state index contributed by atoms with van der Waals surface area (Å²) >= 11 is 1.89. The summed E-state index contributed by atoms with van der Waals surface area (Å²) in [5.41, 5.74) is 1.99. The molecule has 2 heterocycles. The maximum Gasteiger partial charge on any atom is 0.272 e. The Bertz CT molecular complexity index is 753. The highest BCUT2D eigenvalue weighted by Gasteiger charge is 2.27. The second kappa shape index (κ2) is 6.28. The van der Waals surface area contributed by atoms with Crippen LogP contribution in [0, 0.1) is 6.92 Å². The van der Waals surface area contributed by atoms with Gasteiger partial charge in [0, 0.05) is 29.7 Å². The Labute approximate surface area is 139 Å². The summed E-state index contributed by atoms with van der Waals surface area (Å²) in [4.78, 5) is 26.7. The predicted octanol–water partition coefficient (Wildman–Crippen LogP) is 2.44. The van der Waals surface area contributed by atoms with E-state index < -0.39 is 0 Å². The Balaban J connectivity index is 1.87. The average Bonchev–Trinajstić information content (AvgIpc) is 2.88. The molecule has 122 valence electrons. The minimum atomic E-state index is -0.218. The van der Waals surface area contributed by atoms with Crippen molar-refractivity contribution in [3.63, 3.8) is 0 Å². The number of thioether (sulfide) groups is 1. The number of aromatic nitrogens is 2. The first-order chi connectivity index (χ1) is 10.9. The second-order valence-corrected chi connectivity index (χ2v) is 8.03. The van der Waals surface area contributed by atoms with Crippen molar-refractivity contribution in [3.8, 4) is 5.69 Å². The van der Waals surface area contributed by atoms with E-state index in [-0.39, 0.29) is 11.5 Å². The first kappa shape index (κ1) is 15.9. The lowest BCUT2D eigenvalue weighted by Gasteiger charge is -2.34. The molecule has 5 nitrogen and oxygen atoms in total. The highest BCUT2D eigenvalue weighted by atomic mass is 32.2. The van der Waals surface area contributed by atoms with E-state index in [2.05, 4.69) is 18.9 Å². The third-order valence-electron chi connectivity index (χ3n) is 3.95. The van der Waals surface area contributed by atoms with Crippen molar-refractivity contribution >= 4 is 17.7 Å². The third kappa shape index (κ3) is 3.37. The van der Waals surface area contributed by atoms with Gasteiger partial charge in [-0.05, 0) is 19.1 Å². The van der Waals surface area contributed by atoms with Gasteiger partial charge in [0.25, 0.3) is 11.5 Å². The number of carbonyl (C=O) groups excluding carboxylic acids is 1. The molecule has 1 amide bonds. The SMILES string of the molecule is Cc1ccc(-n2[nH]c(C(=O)N3CC(C)SC(C)C3)cc2=O)cc1. The van der Waals surface area contributed by atoms with Crippen LogP contribution in [0.1, 0.15) is 29.9 Å². The van der Waals surface area contributed by atoms with Crippen LogP contribution in [0.25, 0.3) is 5.69 Å². The largest absolute Gasteiger partial charge is 0.335 e. The fourth-order valence-electron chi connectivity index (χ4n) is 2.91. The molecule has 0 aliphatic carbocycles. The summed E-state index contributed by atoms with van der Waals surface area (Å²) in [6, 6.07) is 9.00. The number of hydrogen-bond acceptors (Lipinski definition) is 3. The number of nitrogens with one attached hydrogen (secondary N) is 1. The van der Waals surface area contributed by atoms with Crippen molar-refractivity contribution in [2.45, 2.75) is 31.3 Å². The summed E-state index contributed by atoms with van der Waals surface area (Å²) in [7, 11) is 0. The van der Waals surface area contributed by atoms with Crippen LogP contribution in [0.2, 0.25) is 0 Å². The smallest absolute Gasteiger partial charge is 0.272 e. The van der Waals surface area contributed by atoms with Gasteiger partial charge in [-0.25, -0.2) is 4.68 Å². The zero-order chi connectivity index (χ0) is 16.6. The number of hydrogen-bond donors (Lipinski definition) is 1. The van der Waals surface area contributed by atoms with E-state index in [1.165, 1.54) is 10.7 Å². The van der Waals surface area contributed by atoms with E-state index >= 15 is 0 Å². The Morgan fingerprint density at radius 2 is 1.78 bits per heavy atom.